The monoisotopic (exact) mass is 372 g/mol. The molecule has 26 heavy (non-hydrogen) atoms. The van der Waals surface area contributed by atoms with E-state index >= 15 is 0 Å². The van der Waals surface area contributed by atoms with Crippen molar-refractivity contribution in [2.24, 2.45) is 0 Å². The lowest BCUT2D eigenvalue weighted by Gasteiger charge is -2.20. The van der Waals surface area contributed by atoms with Crippen molar-refractivity contribution in [1.29, 1.82) is 0 Å². The van der Waals surface area contributed by atoms with Gasteiger partial charge >= 0.3 is 0 Å². The fourth-order valence-corrected chi connectivity index (χ4v) is 3.30. The zero-order valence-corrected chi connectivity index (χ0v) is 13.8. The summed E-state index contributed by atoms with van der Waals surface area (Å²) in [6.45, 7) is 1.48. The number of rotatable bonds is 0. The summed E-state index contributed by atoms with van der Waals surface area (Å²) in [5, 5.41) is 29.3. The number of ketones is 2. The van der Waals surface area contributed by atoms with E-state index in [0.29, 0.717) is 0 Å². The minimum atomic E-state index is -0.812. The molecule has 0 aliphatic heterocycles. The molecule has 0 amide bonds. The van der Waals surface area contributed by atoms with Gasteiger partial charge in [0.15, 0.2) is 16.8 Å². The summed E-state index contributed by atoms with van der Waals surface area (Å²) in [5.41, 5.74) is -1.96. The topological polar surface area (TPSA) is 125 Å². The smallest absolute Gasteiger partial charge is 0.202 e. The Kier molecular flexibility index (Phi) is 3.16. The molecule has 0 radical (unpaired) electrons. The lowest BCUT2D eigenvalue weighted by Crippen LogP contribution is -2.22. The molecule has 0 saturated heterocycles. The number of phenolic OH excluding ortho intramolecular Hbond substituents is 3. The van der Waals surface area contributed by atoms with Crippen LogP contribution in [0.1, 0.15) is 37.6 Å². The molecule has 3 aromatic rings. The number of carbonyl (C=O) groups is 2. The Hall–Kier alpha value is -3.32. The molecule has 1 heterocycles. The van der Waals surface area contributed by atoms with Gasteiger partial charge in [-0.15, -0.1) is 0 Å². The standard InChI is InChI=1S/C18H9ClO7/c1-5-2-8(20)13-9(21)3-7-12(18(13)26-5)16(24)11-6(15(7)23)4-10(22)14(19)17(11)25/h2-4,21-22,25H,1H3. The highest BCUT2D eigenvalue weighted by Crippen LogP contribution is 2.44. The van der Waals surface area contributed by atoms with Gasteiger partial charge in [0.25, 0.3) is 0 Å². The van der Waals surface area contributed by atoms with Crippen LogP contribution < -0.4 is 5.43 Å². The van der Waals surface area contributed by atoms with Gasteiger partial charge in [0.2, 0.25) is 5.78 Å². The van der Waals surface area contributed by atoms with Crippen molar-refractivity contribution in [2.45, 2.75) is 6.92 Å². The fraction of sp³-hybridized carbons (Fsp3) is 0.0556. The first-order valence-corrected chi connectivity index (χ1v) is 7.74. The van der Waals surface area contributed by atoms with E-state index in [4.69, 9.17) is 16.0 Å². The van der Waals surface area contributed by atoms with Crippen LogP contribution in [0.3, 0.4) is 0 Å². The molecular weight excluding hydrogens is 364 g/mol. The quantitative estimate of drug-likeness (QED) is 0.433. The molecule has 1 aromatic heterocycles. The molecule has 4 rings (SSSR count). The van der Waals surface area contributed by atoms with E-state index in [9.17, 15) is 29.7 Å². The van der Waals surface area contributed by atoms with Gasteiger partial charge in [-0.05, 0) is 19.1 Å². The van der Waals surface area contributed by atoms with Crippen LogP contribution >= 0.6 is 11.6 Å². The Morgan fingerprint density at radius 2 is 1.50 bits per heavy atom. The van der Waals surface area contributed by atoms with Crippen LogP contribution in [0, 0.1) is 6.92 Å². The van der Waals surface area contributed by atoms with E-state index in [-0.39, 0.29) is 33.4 Å². The number of halogens is 1. The van der Waals surface area contributed by atoms with Crippen LogP contribution in [0.15, 0.2) is 27.4 Å². The zero-order valence-electron chi connectivity index (χ0n) is 13.1. The third-order valence-corrected chi connectivity index (χ3v) is 4.64. The lowest BCUT2D eigenvalue weighted by atomic mass is 9.82. The molecule has 0 atom stereocenters. The van der Waals surface area contributed by atoms with E-state index in [0.717, 1.165) is 18.2 Å². The maximum absolute atomic E-state index is 13.0. The van der Waals surface area contributed by atoms with E-state index in [1.165, 1.54) is 6.92 Å². The number of carbonyl (C=O) groups excluding carboxylic acids is 2. The first-order valence-electron chi connectivity index (χ1n) is 7.36. The molecule has 1 aliphatic carbocycles. The van der Waals surface area contributed by atoms with Gasteiger partial charge < -0.3 is 19.7 Å². The number of aryl methyl sites for hydroxylation is 1. The first kappa shape index (κ1) is 16.2. The van der Waals surface area contributed by atoms with Crippen molar-refractivity contribution in [2.75, 3.05) is 0 Å². The van der Waals surface area contributed by atoms with Crippen molar-refractivity contribution < 1.29 is 29.3 Å². The second kappa shape index (κ2) is 5.09. The average molecular weight is 373 g/mol. The van der Waals surface area contributed by atoms with Gasteiger partial charge in [0.1, 0.15) is 33.4 Å². The molecular formula is C18H9ClO7. The SMILES string of the molecule is Cc1cc(=O)c2c(O)cc3c(c2o1)C(=O)c1c(cc(O)c(Cl)c1O)C3=O. The van der Waals surface area contributed by atoms with Gasteiger partial charge in [0, 0.05) is 17.2 Å². The maximum Gasteiger partial charge on any atom is 0.202 e. The van der Waals surface area contributed by atoms with Crippen LogP contribution in [0.2, 0.25) is 5.02 Å². The van der Waals surface area contributed by atoms with Crippen molar-refractivity contribution >= 4 is 34.1 Å². The summed E-state index contributed by atoms with van der Waals surface area (Å²) >= 11 is 5.77. The van der Waals surface area contributed by atoms with Crippen molar-refractivity contribution in [3.05, 3.63) is 61.5 Å². The molecule has 8 heteroatoms. The minimum absolute atomic E-state index is 0.175. The fourth-order valence-electron chi connectivity index (χ4n) is 3.15. The molecule has 7 nitrogen and oxygen atoms in total. The molecule has 3 N–H and O–H groups in total. The molecule has 1 aliphatic rings. The number of hydrogen-bond acceptors (Lipinski definition) is 7. The molecule has 2 aromatic carbocycles. The number of aromatic hydroxyl groups is 3. The predicted molar refractivity (Wildman–Crippen MR) is 90.5 cm³/mol. The summed E-state index contributed by atoms with van der Waals surface area (Å²) in [6, 6.07) is 3.11. The van der Waals surface area contributed by atoms with Gasteiger partial charge in [-0.3, -0.25) is 14.4 Å². The molecule has 0 saturated carbocycles. The van der Waals surface area contributed by atoms with E-state index in [1.807, 2.05) is 0 Å². The van der Waals surface area contributed by atoms with E-state index in [2.05, 4.69) is 0 Å². The lowest BCUT2D eigenvalue weighted by molar-refractivity contribution is 0.0976. The average Bonchev–Trinajstić information content (AvgIpc) is 2.56. The van der Waals surface area contributed by atoms with Crippen LogP contribution in [0.5, 0.6) is 17.2 Å². The second-order valence-electron chi connectivity index (χ2n) is 5.88. The highest BCUT2D eigenvalue weighted by Gasteiger charge is 2.37. The van der Waals surface area contributed by atoms with Gasteiger partial charge in [-0.1, -0.05) is 11.6 Å². The van der Waals surface area contributed by atoms with Crippen molar-refractivity contribution in [3.8, 4) is 17.2 Å². The Morgan fingerprint density at radius 3 is 2.19 bits per heavy atom. The normalized spacial score (nSPS) is 13.0. The molecule has 0 bridgehead atoms. The van der Waals surface area contributed by atoms with Crippen LogP contribution in [-0.2, 0) is 0 Å². The Labute approximate surface area is 149 Å². The summed E-state index contributed by atoms with van der Waals surface area (Å²) in [7, 11) is 0. The maximum atomic E-state index is 13.0. The third-order valence-electron chi connectivity index (χ3n) is 4.27. The Morgan fingerprint density at radius 1 is 0.885 bits per heavy atom. The molecule has 0 spiro atoms. The summed E-state index contributed by atoms with van der Waals surface area (Å²) in [5.74, 6) is -3.21. The second-order valence-corrected chi connectivity index (χ2v) is 6.26. The van der Waals surface area contributed by atoms with Crippen LogP contribution in [0.4, 0.5) is 0 Å². The number of fused-ring (bicyclic) bond motifs is 4. The highest BCUT2D eigenvalue weighted by molar-refractivity contribution is 6.38. The Balaban J connectivity index is 2.20. The van der Waals surface area contributed by atoms with Crippen LogP contribution in [-0.4, -0.2) is 26.9 Å². The summed E-state index contributed by atoms with van der Waals surface area (Å²) in [6.07, 6.45) is 0. The number of hydrogen-bond donors (Lipinski definition) is 3. The van der Waals surface area contributed by atoms with E-state index in [1.54, 1.807) is 0 Å². The molecule has 130 valence electrons. The minimum Gasteiger partial charge on any atom is -0.507 e. The van der Waals surface area contributed by atoms with Gasteiger partial charge in [-0.2, -0.15) is 0 Å². The van der Waals surface area contributed by atoms with Gasteiger partial charge in [0.05, 0.1) is 11.1 Å². The summed E-state index contributed by atoms with van der Waals surface area (Å²) < 4.78 is 5.45. The molecule has 0 fully saturated rings. The number of benzene rings is 2. The number of phenols is 3. The van der Waals surface area contributed by atoms with Gasteiger partial charge in [-0.25, -0.2) is 0 Å². The van der Waals surface area contributed by atoms with E-state index < -0.39 is 44.8 Å². The highest BCUT2D eigenvalue weighted by atomic mass is 35.5. The van der Waals surface area contributed by atoms with Crippen molar-refractivity contribution in [1.82, 2.24) is 0 Å². The van der Waals surface area contributed by atoms with Crippen LogP contribution in [0.25, 0.3) is 11.0 Å². The Bertz CT molecular complexity index is 1240. The summed E-state index contributed by atoms with van der Waals surface area (Å²) in [4.78, 5) is 38.0. The largest absolute Gasteiger partial charge is 0.507 e. The zero-order chi connectivity index (χ0) is 18.9. The predicted octanol–water partition coefficient (Wildman–Crippen LogP) is 2.65. The molecule has 0 unspecified atom stereocenters. The van der Waals surface area contributed by atoms with Crippen molar-refractivity contribution in [3.63, 3.8) is 0 Å². The third kappa shape index (κ3) is 1.91. The first-order chi connectivity index (χ1) is 12.2.